The molecular formula is C19H15Cl2N3O4S. The number of aliphatic imine (C=N–C) groups is 1. The molecule has 7 nitrogen and oxygen atoms in total. The number of carbonyl (C=O) groups is 2. The van der Waals surface area contributed by atoms with E-state index in [4.69, 9.17) is 28.3 Å². The number of aryl methyl sites for hydroxylation is 1. The maximum absolute atomic E-state index is 12.3. The summed E-state index contributed by atoms with van der Waals surface area (Å²) in [5, 5.41) is 24.6. The molecule has 2 heterocycles. The van der Waals surface area contributed by atoms with Crippen LogP contribution in [0.4, 0.5) is 0 Å². The molecule has 0 aliphatic carbocycles. The van der Waals surface area contributed by atoms with Crippen LogP contribution < -0.4 is 0 Å². The number of hydrogen-bond acceptors (Lipinski definition) is 6. The number of aromatic carboxylic acids is 1. The molecule has 0 saturated heterocycles. The van der Waals surface area contributed by atoms with Gasteiger partial charge in [-0.05, 0) is 31.2 Å². The Bertz CT molecular complexity index is 1150. The van der Waals surface area contributed by atoms with Crippen molar-refractivity contribution < 1.29 is 19.8 Å². The summed E-state index contributed by atoms with van der Waals surface area (Å²) in [4.78, 5) is 27.8. The monoisotopic (exact) mass is 451 g/mol. The standard InChI is InChI=1S/C19H15Cl2N3O4S/c1-9(22-8-13(25)14-5-6-15(29-14)19(27)28)16-18(26)17(24(2)23-16)10-3-4-11(20)12(21)7-10/h3-7,26H,8H2,1-2H3,(H,27,28). The van der Waals surface area contributed by atoms with Crippen molar-refractivity contribution in [1.82, 2.24) is 9.78 Å². The SMILES string of the molecule is CC(=NCC(=O)c1ccc(C(=O)O)s1)c1nn(C)c(-c2ccc(Cl)c(Cl)c2)c1O. The topological polar surface area (TPSA) is 105 Å². The van der Waals surface area contributed by atoms with Crippen LogP contribution >= 0.6 is 34.5 Å². The number of rotatable bonds is 6. The van der Waals surface area contributed by atoms with Crippen molar-refractivity contribution in [2.75, 3.05) is 6.54 Å². The van der Waals surface area contributed by atoms with Gasteiger partial charge in [-0.15, -0.1) is 11.3 Å². The van der Waals surface area contributed by atoms with Crippen molar-refractivity contribution in [3.05, 3.63) is 55.8 Å². The van der Waals surface area contributed by atoms with Crippen molar-refractivity contribution in [3.8, 4) is 17.0 Å². The molecule has 29 heavy (non-hydrogen) atoms. The van der Waals surface area contributed by atoms with Crippen molar-refractivity contribution in [2.24, 2.45) is 12.0 Å². The Hall–Kier alpha value is -2.68. The van der Waals surface area contributed by atoms with Crippen LogP contribution in [0.1, 0.15) is 32.0 Å². The van der Waals surface area contributed by atoms with Crippen LogP contribution in [0.5, 0.6) is 5.75 Å². The predicted octanol–water partition coefficient (Wildman–Crippen LogP) is 4.55. The van der Waals surface area contributed by atoms with Crippen LogP contribution in [0.15, 0.2) is 35.3 Å². The quantitative estimate of drug-likeness (QED) is 0.422. The van der Waals surface area contributed by atoms with E-state index in [2.05, 4.69) is 10.1 Å². The van der Waals surface area contributed by atoms with Crippen LogP contribution in [0.3, 0.4) is 0 Å². The maximum Gasteiger partial charge on any atom is 0.345 e. The number of benzene rings is 1. The number of thiophene rings is 1. The average molecular weight is 452 g/mol. The fourth-order valence-electron chi connectivity index (χ4n) is 2.67. The van der Waals surface area contributed by atoms with Crippen LogP contribution in [0, 0.1) is 0 Å². The lowest BCUT2D eigenvalue weighted by atomic mass is 10.1. The van der Waals surface area contributed by atoms with E-state index in [9.17, 15) is 14.7 Å². The molecule has 2 N–H and O–H groups in total. The summed E-state index contributed by atoms with van der Waals surface area (Å²) < 4.78 is 1.49. The van der Waals surface area contributed by atoms with Crippen LogP contribution in [-0.4, -0.2) is 44.0 Å². The first kappa shape index (κ1) is 21.0. The summed E-state index contributed by atoms with van der Waals surface area (Å²) in [7, 11) is 1.67. The number of Topliss-reactive ketones (excluding diaryl/α,β-unsaturated/α-hetero) is 1. The molecule has 10 heteroatoms. The molecule has 3 aromatic rings. The maximum atomic E-state index is 12.3. The van der Waals surface area contributed by atoms with Gasteiger partial charge in [0, 0.05) is 12.6 Å². The van der Waals surface area contributed by atoms with Crippen LogP contribution in [-0.2, 0) is 7.05 Å². The molecule has 1 aromatic carbocycles. The van der Waals surface area contributed by atoms with E-state index in [0.29, 0.717) is 31.9 Å². The zero-order valence-corrected chi connectivity index (χ0v) is 17.6. The van der Waals surface area contributed by atoms with Gasteiger partial charge in [-0.25, -0.2) is 4.79 Å². The van der Waals surface area contributed by atoms with Gasteiger partial charge in [0.1, 0.15) is 22.8 Å². The number of hydrogen-bond donors (Lipinski definition) is 2. The van der Waals surface area contributed by atoms with Crippen molar-refractivity contribution >= 4 is 52.0 Å². The third-order valence-corrected chi connectivity index (χ3v) is 5.96. The number of carboxylic acids is 1. The third-order valence-electron chi connectivity index (χ3n) is 4.11. The zero-order chi connectivity index (χ0) is 21.3. The lowest BCUT2D eigenvalue weighted by Gasteiger charge is -2.04. The molecule has 0 aliphatic rings. The van der Waals surface area contributed by atoms with Gasteiger partial charge in [-0.2, -0.15) is 5.10 Å². The van der Waals surface area contributed by atoms with Gasteiger partial charge in [0.15, 0.2) is 11.5 Å². The first-order chi connectivity index (χ1) is 13.7. The Morgan fingerprint density at radius 2 is 1.86 bits per heavy atom. The fourth-order valence-corrected chi connectivity index (χ4v) is 3.74. The smallest absolute Gasteiger partial charge is 0.345 e. The van der Waals surface area contributed by atoms with Gasteiger partial charge in [0.05, 0.1) is 20.6 Å². The number of aromatic nitrogens is 2. The summed E-state index contributed by atoms with van der Waals surface area (Å²) in [5.41, 5.74) is 1.66. The second-order valence-corrected chi connectivity index (χ2v) is 7.99. The molecule has 150 valence electrons. The fraction of sp³-hybridized carbons (Fsp3) is 0.158. The zero-order valence-electron chi connectivity index (χ0n) is 15.3. The van der Waals surface area contributed by atoms with Gasteiger partial charge >= 0.3 is 5.97 Å². The molecule has 0 spiro atoms. The lowest BCUT2D eigenvalue weighted by Crippen LogP contribution is -2.05. The largest absolute Gasteiger partial charge is 0.504 e. The van der Waals surface area contributed by atoms with E-state index in [0.717, 1.165) is 11.3 Å². The Morgan fingerprint density at radius 1 is 1.17 bits per heavy atom. The van der Waals surface area contributed by atoms with E-state index < -0.39 is 5.97 Å². The Labute approximate surface area is 179 Å². The van der Waals surface area contributed by atoms with Crippen LogP contribution in [0.2, 0.25) is 10.0 Å². The minimum absolute atomic E-state index is 0.0858. The van der Waals surface area contributed by atoms with E-state index >= 15 is 0 Å². The number of carboxylic acid groups (broad SMARTS) is 1. The molecule has 0 amide bonds. The molecule has 2 aromatic heterocycles. The molecule has 0 saturated carbocycles. The molecule has 0 fully saturated rings. The molecule has 0 aliphatic heterocycles. The second kappa shape index (κ2) is 8.36. The Morgan fingerprint density at radius 3 is 2.48 bits per heavy atom. The highest BCUT2D eigenvalue weighted by atomic mass is 35.5. The summed E-state index contributed by atoms with van der Waals surface area (Å²) in [6.07, 6.45) is 0. The first-order valence-corrected chi connectivity index (χ1v) is 9.85. The number of aromatic hydroxyl groups is 1. The summed E-state index contributed by atoms with van der Waals surface area (Å²) in [6.45, 7) is 1.44. The van der Waals surface area contributed by atoms with Crippen molar-refractivity contribution in [3.63, 3.8) is 0 Å². The van der Waals surface area contributed by atoms with Gasteiger partial charge < -0.3 is 10.2 Å². The lowest BCUT2D eigenvalue weighted by molar-refractivity contribution is 0.0702. The summed E-state index contributed by atoms with van der Waals surface area (Å²) in [6, 6.07) is 7.79. The molecule has 3 rings (SSSR count). The molecule has 0 radical (unpaired) electrons. The Kier molecular flexibility index (Phi) is 6.07. The Balaban J connectivity index is 1.85. The predicted molar refractivity (Wildman–Crippen MR) is 113 cm³/mol. The molecule has 0 atom stereocenters. The number of ketones is 1. The van der Waals surface area contributed by atoms with E-state index in [1.54, 1.807) is 32.2 Å². The van der Waals surface area contributed by atoms with E-state index in [-0.39, 0.29) is 28.6 Å². The molecule has 0 bridgehead atoms. The highest BCUT2D eigenvalue weighted by Gasteiger charge is 2.20. The van der Waals surface area contributed by atoms with Crippen molar-refractivity contribution in [1.29, 1.82) is 0 Å². The van der Waals surface area contributed by atoms with Gasteiger partial charge in [0.25, 0.3) is 0 Å². The third kappa shape index (κ3) is 4.34. The highest BCUT2D eigenvalue weighted by molar-refractivity contribution is 7.15. The van der Waals surface area contributed by atoms with Crippen molar-refractivity contribution in [2.45, 2.75) is 6.92 Å². The summed E-state index contributed by atoms with van der Waals surface area (Å²) >= 11 is 12.9. The minimum Gasteiger partial charge on any atom is -0.504 e. The van der Waals surface area contributed by atoms with Crippen LogP contribution in [0.25, 0.3) is 11.3 Å². The summed E-state index contributed by atoms with van der Waals surface area (Å²) in [5.74, 6) is -1.49. The molecule has 0 unspecified atom stereocenters. The van der Waals surface area contributed by atoms with E-state index in [1.165, 1.54) is 16.8 Å². The average Bonchev–Trinajstić information content (AvgIpc) is 3.27. The normalized spacial score (nSPS) is 11.7. The second-order valence-electron chi connectivity index (χ2n) is 6.09. The van der Waals surface area contributed by atoms with Gasteiger partial charge in [-0.3, -0.25) is 14.5 Å². The van der Waals surface area contributed by atoms with Gasteiger partial charge in [0.2, 0.25) is 0 Å². The minimum atomic E-state index is -1.08. The molecular weight excluding hydrogens is 437 g/mol. The highest BCUT2D eigenvalue weighted by Crippen LogP contribution is 2.35. The van der Waals surface area contributed by atoms with E-state index in [1.807, 2.05) is 0 Å². The number of halogens is 2. The number of carbonyl (C=O) groups excluding carboxylic acids is 1. The number of nitrogens with zero attached hydrogens (tertiary/aromatic N) is 3. The van der Waals surface area contributed by atoms with Gasteiger partial charge in [-0.1, -0.05) is 29.3 Å². The first-order valence-electron chi connectivity index (χ1n) is 8.28.